The quantitative estimate of drug-likeness (QED) is 0.640. The van der Waals surface area contributed by atoms with Crippen molar-refractivity contribution in [1.82, 2.24) is 0 Å². The monoisotopic (exact) mass is 231 g/mol. The van der Waals surface area contributed by atoms with Gasteiger partial charge in [0.25, 0.3) is 0 Å². The van der Waals surface area contributed by atoms with Gasteiger partial charge in [-0.25, -0.2) is 0 Å². The molecule has 0 atom stereocenters. The van der Waals surface area contributed by atoms with Crippen LogP contribution in [0.1, 0.15) is 5.56 Å². The Bertz CT molecular complexity index is 341. The zero-order valence-electron chi connectivity index (χ0n) is 8.87. The summed E-state index contributed by atoms with van der Waals surface area (Å²) in [6, 6.07) is 5.18. The minimum Gasteiger partial charge on any atom is -0.493 e. The first-order chi connectivity index (χ1) is 6.72. The zero-order chi connectivity index (χ0) is 10.6. The Morgan fingerprint density at radius 1 is 1.07 bits per heavy atom. The van der Waals surface area contributed by atoms with E-state index in [9.17, 15) is 0 Å². The zero-order valence-corrected chi connectivity index (χ0v) is 9.68. The topological polar surface area (TPSA) is 51.5 Å². The Balaban J connectivity index is 0.00000196. The van der Waals surface area contributed by atoms with Crippen LogP contribution >= 0.6 is 12.4 Å². The number of hydrogen-bond donors (Lipinski definition) is 1. The summed E-state index contributed by atoms with van der Waals surface area (Å²) < 4.78 is 15.0. The third-order valence-electron chi connectivity index (χ3n) is 1.85. The number of methoxy groups -OCH3 is 3. The van der Waals surface area contributed by atoms with E-state index in [1.54, 1.807) is 32.4 Å². The Labute approximate surface area is 95.1 Å². The molecule has 15 heavy (non-hydrogen) atoms. The molecule has 0 fully saturated rings. The summed E-state index contributed by atoms with van der Waals surface area (Å²) >= 11 is 0. The Morgan fingerprint density at radius 3 is 2.13 bits per heavy atom. The van der Waals surface area contributed by atoms with Crippen molar-refractivity contribution in [2.24, 2.45) is 0 Å². The van der Waals surface area contributed by atoms with Crippen LogP contribution in [0.2, 0.25) is 0 Å². The molecule has 1 aromatic carbocycles. The molecule has 4 nitrogen and oxygen atoms in total. The molecule has 0 heterocycles. The predicted octanol–water partition coefficient (Wildman–Crippen LogP) is 2.10. The van der Waals surface area contributed by atoms with Crippen LogP contribution in [0.5, 0.6) is 11.5 Å². The highest BCUT2D eigenvalue weighted by Gasteiger charge is 2.07. The summed E-state index contributed by atoms with van der Waals surface area (Å²) in [5.41, 5.74) is 0.658. The Hall–Kier alpha value is -1.42. The van der Waals surface area contributed by atoms with E-state index in [0.717, 1.165) is 0 Å². The molecule has 0 spiro atoms. The molecule has 0 saturated carbocycles. The minimum atomic E-state index is 0. The van der Waals surface area contributed by atoms with Crippen molar-refractivity contribution in [3.05, 3.63) is 23.8 Å². The molecule has 0 aliphatic carbocycles. The van der Waals surface area contributed by atoms with Gasteiger partial charge in [0.05, 0.1) is 21.3 Å². The number of halogens is 1. The lowest BCUT2D eigenvalue weighted by Gasteiger charge is -2.09. The van der Waals surface area contributed by atoms with E-state index in [1.807, 2.05) is 0 Å². The highest BCUT2D eigenvalue weighted by Crippen LogP contribution is 2.27. The van der Waals surface area contributed by atoms with E-state index >= 15 is 0 Å². The maximum atomic E-state index is 7.46. The first-order valence-corrected chi connectivity index (χ1v) is 4.08. The number of rotatable bonds is 3. The Morgan fingerprint density at radius 2 is 1.67 bits per heavy atom. The van der Waals surface area contributed by atoms with Gasteiger partial charge in [-0.1, -0.05) is 0 Å². The first kappa shape index (κ1) is 13.6. The second-order valence-corrected chi connectivity index (χ2v) is 2.60. The molecule has 0 saturated heterocycles. The molecule has 0 aliphatic heterocycles. The van der Waals surface area contributed by atoms with E-state index < -0.39 is 0 Å². The molecule has 0 radical (unpaired) electrons. The third-order valence-corrected chi connectivity index (χ3v) is 1.85. The largest absolute Gasteiger partial charge is 0.493 e. The predicted molar refractivity (Wildman–Crippen MR) is 60.6 cm³/mol. The van der Waals surface area contributed by atoms with E-state index in [-0.39, 0.29) is 18.3 Å². The van der Waals surface area contributed by atoms with Crippen molar-refractivity contribution in [2.45, 2.75) is 0 Å². The van der Waals surface area contributed by atoms with Gasteiger partial charge >= 0.3 is 0 Å². The van der Waals surface area contributed by atoms with Crippen LogP contribution < -0.4 is 9.47 Å². The lowest BCUT2D eigenvalue weighted by atomic mass is 10.2. The van der Waals surface area contributed by atoms with Crippen LogP contribution in [0.15, 0.2) is 18.2 Å². The molecule has 0 bridgehead atoms. The smallest absolute Gasteiger partial charge is 0.213 e. The molecule has 0 unspecified atom stereocenters. The summed E-state index contributed by atoms with van der Waals surface area (Å²) in [6.07, 6.45) is 0. The molecule has 1 aromatic rings. The fraction of sp³-hybridized carbons (Fsp3) is 0.300. The molecule has 5 heteroatoms. The van der Waals surface area contributed by atoms with Gasteiger partial charge in [0.1, 0.15) is 0 Å². The fourth-order valence-corrected chi connectivity index (χ4v) is 1.10. The van der Waals surface area contributed by atoms with E-state index in [0.29, 0.717) is 17.1 Å². The van der Waals surface area contributed by atoms with Crippen LogP contribution in [0, 0.1) is 5.41 Å². The first-order valence-electron chi connectivity index (χ1n) is 4.08. The van der Waals surface area contributed by atoms with Gasteiger partial charge in [-0.15, -0.1) is 12.4 Å². The molecular weight excluding hydrogens is 218 g/mol. The summed E-state index contributed by atoms with van der Waals surface area (Å²) in [5, 5.41) is 7.46. The number of ether oxygens (including phenoxy) is 3. The molecule has 0 aromatic heterocycles. The SMILES string of the molecule is COC(=N)c1ccc(OC)c(OC)c1.Cl. The second-order valence-electron chi connectivity index (χ2n) is 2.60. The van der Waals surface area contributed by atoms with Crippen molar-refractivity contribution in [1.29, 1.82) is 5.41 Å². The van der Waals surface area contributed by atoms with Crippen LogP contribution in [0.25, 0.3) is 0 Å². The van der Waals surface area contributed by atoms with E-state index in [2.05, 4.69) is 0 Å². The number of nitrogens with one attached hydrogen (secondary N) is 1. The highest BCUT2D eigenvalue weighted by atomic mass is 35.5. The molecule has 1 rings (SSSR count). The number of hydrogen-bond acceptors (Lipinski definition) is 4. The van der Waals surface area contributed by atoms with Crippen molar-refractivity contribution >= 4 is 18.3 Å². The number of benzene rings is 1. The molecule has 0 amide bonds. The van der Waals surface area contributed by atoms with Crippen LogP contribution in [-0.4, -0.2) is 27.2 Å². The average molecular weight is 232 g/mol. The summed E-state index contributed by atoms with van der Waals surface area (Å²) in [6.45, 7) is 0. The maximum absolute atomic E-state index is 7.46. The van der Waals surface area contributed by atoms with Gasteiger partial charge in [0.15, 0.2) is 11.5 Å². The van der Waals surface area contributed by atoms with Crippen molar-refractivity contribution in [3.63, 3.8) is 0 Å². The lowest BCUT2D eigenvalue weighted by Crippen LogP contribution is -2.02. The van der Waals surface area contributed by atoms with Crippen LogP contribution in [-0.2, 0) is 4.74 Å². The second kappa shape index (κ2) is 6.14. The van der Waals surface area contributed by atoms with E-state index in [1.165, 1.54) is 7.11 Å². The molecule has 0 aliphatic rings. The fourth-order valence-electron chi connectivity index (χ4n) is 1.10. The van der Waals surface area contributed by atoms with E-state index in [4.69, 9.17) is 19.6 Å². The normalized spacial score (nSPS) is 8.73. The van der Waals surface area contributed by atoms with Gasteiger partial charge in [0, 0.05) is 5.56 Å². The molecular formula is C10H14ClNO3. The van der Waals surface area contributed by atoms with Gasteiger partial charge in [-0.2, -0.15) is 0 Å². The van der Waals surface area contributed by atoms with Crippen molar-refractivity contribution in [3.8, 4) is 11.5 Å². The van der Waals surface area contributed by atoms with Crippen LogP contribution in [0.4, 0.5) is 0 Å². The van der Waals surface area contributed by atoms with Gasteiger partial charge < -0.3 is 14.2 Å². The van der Waals surface area contributed by atoms with Gasteiger partial charge in [0.2, 0.25) is 5.90 Å². The van der Waals surface area contributed by atoms with Crippen LogP contribution in [0.3, 0.4) is 0 Å². The summed E-state index contributed by atoms with van der Waals surface area (Å²) in [4.78, 5) is 0. The average Bonchev–Trinajstić information content (AvgIpc) is 2.26. The van der Waals surface area contributed by atoms with Gasteiger partial charge in [-0.05, 0) is 18.2 Å². The minimum absolute atomic E-state index is 0. The standard InChI is InChI=1S/C10H13NO3.ClH/c1-12-8-5-4-7(10(11)14-3)6-9(8)13-2;/h4-6,11H,1-3H3;1H. The van der Waals surface area contributed by atoms with Crippen molar-refractivity contribution in [2.75, 3.05) is 21.3 Å². The highest BCUT2D eigenvalue weighted by molar-refractivity contribution is 5.92. The van der Waals surface area contributed by atoms with Crippen molar-refractivity contribution < 1.29 is 14.2 Å². The Kier molecular flexibility index (Phi) is 5.56. The molecule has 84 valence electrons. The maximum Gasteiger partial charge on any atom is 0.213 e. The third kappa shape index (κ3) is 3.02. The van der Waals surface area contributed by atoms with Gasteiger partial charge in [-0.3, -0.25) is 5.41 Å². The molecule has 1 N–H and O–H groups in total. The summed E-state index contributed by atoms with van der Waals surface area (Å²) in [5.74, 6) is 1.33. The lowest BCUT2D eigenvalue weighted by molar-refractivity contribution is 0.354. The summed E-state index contributed by atoms with van der Waals surface area (Å²) in [7, 11) is 4.58.